The van der Waals surface area contributed by atoms with Crippen molar-refractivity contribution in [3.05, 3.63) is 60.3 Å². The molecule has 47 heavy (non-hydrogen) atoms. The summed E-state index contributed by atoms with van der Waals surface area (Å²) in [5.41, 5.74) is 0.669. The minimum atomic E-state index is -1.11. The number of amides is 1. The van der Waals surface area contributed by atoms with Crippen LogP contribution in [-0.4, -0.2) is 88.4 Å². The van der Waals surface area contributed by atoms with Crippen molar-refractivity contribution >= 4 is 33.4 Å². The lowest BCUT2D eigenvalue weighted by atomic mass is 9.95. The predicted molar refractivity (Wildman–Crippen MR) is 173 cm³/mol. The molecular weight excluding hydrogens is 606 g/mol. The first kappa shape index (κ1) is 30.8. The summed E-state index contributed by atoms with van der Waals surface area (Å²) in [5, 5.41) is 14.7. The fraction of sp³-hybridized carbons (Fsp3) is 0.371. The molecule has 3 aliphatic rings. The summed E-state index contributed by atoms with van der Waals surface area (Å²) in [7, 11) is 0. The SMILES string of the molecule is C#Cc1cccc2cc(O)cc(-c3ncc4c(N5CCOC[C@@H](NC(=O)C(=C)F)C5)nc(OCC56CCCN5CCC6)nc4c3F)c12. The molecule has 0 spiro atoms. The van der Waals surface area contributed by atoms with Gasteiger partial charge in [0.1, 0.15) is 29.4 Å². The van der Waals surface area contributed by atoms with Crippen LogP contribution in [0, 0.1) is 18.2 Å². The Hall–Kier alpha value is -4.86. The number of phenols is 1. The molecule has 7 rings (SSSR count). The van der Waals surface area contributed by atoms with Gasteiger partial charge >= 0.3 is 6.01 Å². The van der Waals surface area contributed by atoms with E-state index in [0.717, 1.165) is 38.8 Å². The summed E-state index contributed by atoms with van der Waals surface area (Å²) in [6.45, 7) is 6.42. The van der Waals surface area contributed by atoms with Gasteiger partial charge in [-0.15, -0.1) is 6.42 Å². The van der Waals surface area contributed by atoms with Crippen molar-refractivity contribution in [2.45, 2.75) is 37.3 Å². The van der Waals surface area contributed by atoms with Gasteiger partial charge in [-0.3, -0.25) is 14.7 Å². The number of ether oxygens (including phenoxy) is 2. The highest BCUT2D eigenvalue weighted by molar-refractivity contribution is 6.02. The monoisotopic (exact) mass is 640 g/mol. The van der Waals surface area contributed by atoms with E-state index in [0.29, 0.717) is 46.3 Å². The Balaban J connectivity index is 1.35. The van der Waals surface area contributed by atoms with Crippen LogP contribution in [0.15, 0.2) is 48.9 Å². The number of nitrogens with zero attached hydrogens (tertiary/aromatic N) is 5. The van der Waals surface area contributed by atoms with Crippen LogP contribution >= 0.6 is 0 Å². The minimum Gasteiger partial charge on any atom is -0.508 e. The Morgan fingerprint density at radius 1 is 1.23 bits per heavy atom. The number of halogens is 2. The summed E-state index contributed by atoms with van der Waals surface area (Å²) in [6, 6.07) is 7.71. The number of anilines is 1. The molecule has 1 amide bonds. The van der Waals surface area contributed by atoms with Gasteiger partial charge < -0.3 is 24.8 Å². The van der Waals surface area contributed by atoms with E-state index in [1.54, 1.807) is 24.3 Å². The number of nitrogens with one attached hydrogen (secondary N) is 1. The lowest BCUT2D eigenvalue weighted by Crippen LogP contribution is -2.45. The molecule has 3 fully saturated rings. The summed E-state index contributed by atoms with van der Waals surface area (Å²) < 4.78 is 42.4. The Labute approximate surface area is 270 Å². The Morgan fingerprint density at radius 3 is 2.81 bits per heavy atom. The number of carbonyl (C=O) groups is 1. The van der Waals surface area contributed by atoms with Gasteiger partial charge in [0, 0.05) is 35.8 Å². The molecule has 12 heteroatoms. The lowest BCUT2D eigenvalue weighted by Gasteiger charge is -2.31. The third kappa shape index (κ3) is 5.70. The Kier molecular flexibility index (Phi) is 8.11. The first-order chi connectivity index (χ1) is 22.8. The van der Waals surface area contributed by atoms with Crippen molar-refractivity contribution in [1.82, 2.24) is 25.2 Å². The molecule has 2 N–H and O–H groups in total. The highest BCUT2D eigenvalue weighted by Gasteiger charge is 2.45. The molecule has 242 valence electrons. The molecule has 0 radical (unpaired) electrons. The second-order valence-electron chi connectivity index (χ2n) is 12.4. The van der Waals surface area contributed by atoms with Crippen LogP contribution < -0.4 is 15.0 Å². The minimum absolute atomic E-state index is 0.00430. The predicted octanol–water partition coefficient (Wildman–Crippen LogP) is 4.48. The standard InChI is InChI=1S/C35H34F2N6O4/c1-3-22-7-4-8-23-15-25(44)16-26(28(22)23)30-29(37)31-27(17-38-30)32(42-13-14-46-19-24(18-42)39-33(45)21(2)36)41-34(40-31)47-20-35-9-5-11-43(35)12-6-10-35/h1,4,7-8,15-17,24,44H,2,5-6,9-14,18-20H2,(H,39,45)/t24-/m0/s1. The van der Waals surface area contributed by atoms with Crippen LogP contribution in [0.25, 0.3) is 32.9 Å². The quantitative estimate of drug-likeness (QED) is 0.223. The van der Waals surface area contributed by atoms with Gasteiger partial charge in [0.15, 0.2) is 11.6 Å². The van der Waals surface area contributed by atoms with Crippen LogP contribution in [0.1, 0.15) is 31.2 Å². The number of phenolic OH excluding ortho intramolecular Hbond substituents is 1. The third-order valence-electron chi connectivity index (χ3n) is 9.44. The molecule has 2 aromatic carbocycles. The van der Waals surface area contributed by atoms with E-state index in [9.17, 15) is 14.3 Å². The zero-order chi connectivity index (χ0) is 32.7. The number of benzene rings is 2. The highest BCUT2D eigenvalue weighted by atomic mass is 19.1. The van der Waals surface area contributed by atoms with E-state index < -0.39 is 23.6 Å². The number of aromatic nitrogens is 3. The van der Waals surface area contributed by atoms with Gasteiger partial charge in [0.2, 0.25) is 0 Å². The molecule has 0 aliphatic carbocycles. The van der Waals surface area contributed by atoms with Crippen molar-refractivity contribution in [1.29, 1.82) is 0 Å². The number of rotatable bonds is 7. The molecular formula is C35H34F2N6O4. The molecule has 1 atom stereocenters. The first-order valence-corrected chi connectivity index (χ1v) is 15.7. The van der Waals surface area contributed by atoms with Crippen molar-refractivity contribution in [3.8, 4) is 35.4 Å². The number of terminal acetylenes is 1. The first-order valence-electron chi connectivity index (χ1n) is 15.7. The van der Waals surface area contributed by atoms with E-state index in [2.05, 4.69) is 32.7 Å². The van der Waals surface area contributed by atoms with E-state index in [4.69, 9.17) is 20.9 Å². The Bertz CT molecular complexity index is 1940. The molecule has 5 heterocycles. The number of aromatic hydroxyl groups is 1. The average molecular weight is 641 g/mol. The van der Waals surface area contributed by atoms with Crippen LogP contribution in [0.3, 0.4) is 0 Å². The van der Waals surface area contributed by atoms with Crippen molar-refractivity contribution in [2.75, 3.05) is 50.9 Å². The topological polar surface area (TPSA) is 113 Å². The lowest BCUT2D eigenvalue weighted by molar-refractivity contribution is -0.119. The third-order valence-corrected chi connectivity index (χ3v) is 9.44. The van der Waals surface area contributed by atoms with Gasteiger partial charge in [-0.25, -0.2) is 8.78 Å². The summed E-state index contributed by atoms with van der Waals surface area (Å²) >= 11 is 0. The molecule has 2 aromatic heterocycles. The summed E-state index contributed by atoms with van der Waals surface area (Å²) in [4.78, 5) is 30.3. The van der Waals surface area contributed by atoms with Crippen molar-refractivity contribution in [2.24, 2.45) is 0 Å². The normalized spacial score (nSPS) is 19.3. The molecule has 3 aliphatic heterocycles. The van der Waals surface area contributed by atoms with Crippen LogP contribution in [0.2, 0.25) is 0 Å². The van der Waals surface area contributed by atoms with Gasteiger partial charge in [-0.2, -0.15) is 9.97 Å². The van der Waals surface area contributed by atoms with Crippen molar-refractivity contribution in [3.63, 3.8) is 0 Å². The number of pyridine rings is 1. The molecule has 0 saturated carbocycles. The maximum absolute atomic E-state index is 16.8. The largest absolute Gasteiger partial charge is 0.508 e. The van der Waals surface area contributed by atoms with Crippen molar-refractivity contribution < 1.29 is 28.2 Å². The van der Waals surface area contributed by atoms with Crippen LogP contribution in [-0.2, 0) is 9.53 Å². The van der Waals surface area contributed by atoms with E-state index >= 15 is 4.39 Å². The fourth-order valence-electron chi connectivity index (χ4n) is 7.25. The number of fused-ring (bicyclic) bond motifs is 3. The maximum atomic E-state index is 16.8. The van der Waals surface area contributed by atoms with E-state index in [1.807, 2.05) is 4.90 Å². The number of hydrogen-bond acceptors (Lipinski definition) is 9. The molecule has 4 aromatic rings. The summed E-state index contributed by atoms with van der Waals surface area (Å²) in [5.74, 6) is 0.140. The summed E-state index contributed by atoms with van der Waals surface area (Å²) in [6.07, 6.45) is 11.5. The van der Waals surface area contributed by atoms with E-state index in [-0.39, 0.29) is 48.3 Å². The van der Waals surface area contributed by atoms with Gasteiger partial charge in [-0.05, 0) is 62.4 Å². The van der Waals surface area contributed by atoms with Gasteiger partial charge in [0.05, 0.1) is 30.2 Å². The zero-order valence-corrected chi connectivity index (χ0v) is 25.8. The number of carbonyl (C=O) groups excluding carboxylic acids is 1. The van der Waals surface area contributed by atoms with Crippen LogP contribution in [0.4, 0.5) is 14.6 Å². The smallest absolute Gasteiger partial charge is 0.319 e. The second kappa shape index (κ2) is 12.4. The average Bonchev–Trinajstić information content (AvgIpc) is 3.56. The fourth-order valence-corrected chi connectivity index (χ4v) is 7.25. The molecule has 0 unspecified atom stereocenters. The second-order valence-corrected chi connectivity index (χ2v) is 12.4. The van der Waals surface area contributed by atoms with Crippen LogP contribution in [0.5, 0.6) is 11.8 Å². The molecule has 0 bridgehead atoms. The van der Waals surface area contributed by atoms with Gasteiger partial charge in [-0.1, -0.05) is 24.6 Å². The molecule has 10 nitrogen and oxygen atoms in total. The zero-order valence-electron chi connectivity index (χ0n) is 25.8. The molecule has 3 saturated heterocycles. The maximum Gasteiger partial charge on any atom is 0.319 e. The van der Waals surface area contributed by atoms with Gasteiger partial charge in [0.25, 0.3) is 5.91 Å². The number of hydrogen-bond donors (Lipinski definition) is 2. The highest BCUT2D eigenvalue weighted by Crippen LogP contribution is 2.40. The Morgan fingerprint density at radius 2 is 2.04 bits per heavy atom. The van der Waals surface area contributed by atoms with E-state index in [1.165, 1.54) is 12.3 Å².